The molecule has 5 aromatic rings. The number of hydrogen-bond donors (Lipinski definition) is 1. The number of benzene rings is 2. The Kier molecular flexibility index (Phi) is 4.06. The van der Waals surface area contributed by atoms with E-state index in [0.717, 1.165) is 33.3 Å². The molecule has 0 radical (unpaired) electrons. The van der Waals surface area contributed by atoms with Crippen molar-refractivity contribution >= 4 is 21.9 Å². The van der Waals surface area contributed by atoms with Crippen molar-refractivity contribution in [3.05, 3.63) is 89.3 Å². The van der Waals surface area contributed by atoms with Crippen molar-refractivity contribution in [1.29, 1.82) is 0 Å². The molecule has 0 unspecified atom stereocenters. The molecule has 0 atom stereocenters. The molecular formula is C24H17N3O2. The zero-order valence-electron chi connectivity index (χ0n) is 15.7. The standard InChI is InChI=1S/C24H17N3O2/c1-29-21-14-26-24-19(23(21)28)13-18(22(27-24)15-6-3-2-4-7-15)16-9-10-20-17(12-16)8-5-11-25-20/h2-14H,1H3,(H,26,27,28). The molecule has 0 spiro atoms. The molecule has 0 saturated heterocycles. The normalized spacial score (nSPS) is 11.1. The highest BCUT2D eigenvalue weighted by Crippen LogP contribution is 2.33. The smallest absolute Gasteiger partial charge is 0.232 e. The molecule has 140 valence electrons. The summed E-state index contributed by atoms with van der Waals surface area (Å²) in [5.41, 5.74) is 4.91. The van der Waals surface area contributed by atoms with Crippen LogP contribution >= 0.6 is 0 Å². The lowest BCUT2D eigenvalue weighted by Gasteiger charge is -2.12. The summed E-state index contributed by atoms with van der Waals surface area (Å²) in [5.74, 6) is 0.264. The summed E-state index contributed by atoms with van der Waals surface area (Å²) in [6, 6.07) is 21.9. The third-order valence-electron chi connectivity index (χ3n) is 5.01. The zero-order valence-corrected chi connectivity index (χ0v) is 15.7. The Morgan fingerprint density at radius 3 is 2.62 bits per heavy atom. The van der Waals surface area contributed by atoms with Gasteiger partial charge < -0.3 is 9.72 Å². The van der Waals surface area contributed by atoms with E-state index in [0.29, 0.717) is 11.0 Å². The lowest BCUT2D eigenvalue weighted by molar-refractivity contribution is 0.410. The predicted molar refractivity (Wildman–Crippen MR) is 115 cm³/mol. The van der Waals surface area contributed by atoms with Gasteiger partial charge in [0, 0.05) is 28.9 Å². The second kappa shape index (κ2) is 6.87. The van der Waals surface area contributed by atoms with Crippen molar-refractivity contribution < 1.29 is 4.74 Å². The van der Waals surface area contributed by atoms with E-state index >= 15 is 0 Å². The van der Waals surface area contributed by atoms with E-state index in [1.165, 1.54) is 7.11 Å². The van der Waals surface area contributed by atoms with Crippen LogP contribution in [0.1, 0.15) is 0 Å². The van der Waals surface area contributed by atoms with Crippen LogP contribution in [0.3, 0.4) is 0 Å². The summed E-state index contributed by atoms with van der Waals surface area (Å²) < 4.78 is 5.19. The number of nitrogens with zero attached hydrogens (tertiary/aromatic N) is 2. The lowest BCUT2D eigenvalue weighted by atomic mass is 9.97. The summed E-state index contributed by atoms with van der Waals surface area (Å²) in [6.07, 6.45) is 3.33. The first-order valence-corrected chi connectivity index (χ1v) is 9.25. The van der Waals surface area contributed by atoms with Crippen LogP contribution in [0, 0.1) is 0 Å². The minimum absolute atomic E-state index is 0.183. The first-order valence-electron chi connectivity index (χ1n) is 9.25. The van der Waals surface area contributed by atoms with E-state index in [1.54, 1.807) is 12.4 Å². The van der Waals surface area contributed by atoms with Gasteiger partial charge in [0.05, 0.1) is 23.7 Å². The van der Waals surface area contributed by atoms with Crippen molar-refractivity contribution in [2.24, 2.45) is 0 Å². The summed E-state index contributed by atoms with van der Waals surface area (Å²) in [7, 11) is 1.49. The van der Waals surface area contributed by atoms with Gasteiger partial charge in [0.15, 0.2) is 5.75 Å². The van der Waals surface area contributed by atoms with E-state index in [-0.39, 0.29) is 11.2 Å². The number of hydrogen-bond acceptors (Lipinski definition) is 4. The fraction of sp³-hybridized carbons (Fsp3) is 0.0417. The number of H-pyrrole nitrogens is 1. The number of methoxy groups -OCH3 is 1. The average Bonchev–Trinajstić information content (AvgIpc) is 2.79. The van der Waals surface area contributed by atoms with Crippen LogP contribution in [-0.4, -0.2) is 22.1 Å². The second-order valence-corrected chi connectivity index (χ2v) is 6.74. The van der Waals surface area contributed by atoms with Crippen LogP contribution in [0.4, 0.5) is 0 Å². The largest absolute Gasteiger partial charge is 0.491 e. The number of rotatable bonds is 3. The van der Waals surface area contributed by atoms with Crippen LogP contribution < -0.4 is 10.2 Å². The maximum absolute atomic E-state index is 12.8. The quantitative estimate of drug-likeness (QED) is 0.488. The molecule has 5 heteroatoms. The molecule has 0 aliphatic carbocycles. The molecule has 5 nitrogen and oxygen atoms in total. The molecule has 0 aliphatic heterocycles. The van der Waals surface area contributed by atoms with Crippen molar-refractivity contribution in [3.63, 3.8) is 0 Å². The SMILES string of the molecule is COc1c[nH]c2nc(-c3ccccc3)c(-c3ccc4ncccc4c3)cc2c1=O. The van der Waals surface area contributed by atoms with Gasteiger partial charge in [-0.15, -0.1) is 0 Å². The average molecular weight is 379 g/mol. The van der Waals surface area contributed by atoms with Gasteiger partial charge in [-0.2, -0.15) is 0 Å². The van der Waals surface area contributed by atoms with Crippen LogP contribution in [-0.2, 0) is 0 Å². The third kappa shape index (κ3) is 2.93. The molecule has 2 aromatic carbocycles. The van der Waals surface area contributed by atoms with Gasteiger partial charge in [-0.3, -0.25) is 9.78 Å². The fourth-order valence-electron chi connectivity index (χ4n) is 3.56. The van der Waals surface area contributed by atoms with Gasteiger partial charge in [0.2, 0.25) is 5.43 Å². The van der Waals surface area contributed by atoms with Crippen LogP contribution in [0.2, 0.25) is 0 Å². The molecule has 29 heavy (non-hydrogen) atoms. The predicted octanol–water partition coefficient (Wildman–Crippen LogP) is 4.81. The van der Waals surface area contributed by atoms with Crippen molar-refractivity contribution in [2.45, 2.75) is 0 Å². The van der Waals surface area contributed by atoms with Crippen molar-refractivity contribution in [3.8, 4) is 28.1 Å². The molecule has 3 aromatic heterocycles. The molecule has 0 amide bonds. The Morgan fingerprint density at radius 2 is 1.79 bits per heavy atom. The van der Waals surface area contributed by atoms with Crippen LogP contribution in [0.25, 0.3) is 44.3 Å². The molecule has 3 heterocycles. The van der Waals surface area contributed by atoms with Crippen molar-refractivity contribution in [2.75, 3.05) is 7.11 Å². The van der Waals surface area contributed by atoms with E-state index < -0.39 is 0 Å². The Hall–Kier alpha value is -3.99. The zero-order chi connectivity index (χ0) is 19.8. The van der Waals surface area contributed by atoms with Gasteiger partial charge in [-0.25, -0.2) is 4.98 Å². The molecular weight excluding hydrogens is 362 g/mol. The summed E-state index contributed by atoms with van der Waals surface area (Å²) in [5, 5.41) is 1.52. The number of aromatic amines is 1. The highest BCUT2D eigenvalue weighted by atomic mass is 16.5. The molecule has 0 saturated carbocycles. The Balaban J connectivity index is 1.85. The molecule has 0 bridgehead atoms. The topological polar surface area (TPSA) is 67.9 Å². The maximum atomic E-state index is 12.8. The first kappa shape index (κ1) is 17.1. The highest BCUT2D eigenvalue weighted by molar-refractivity contribution is 5.93. The van der Waals surface area contributed by atoms with Gasteiger partial charge in [0.1, 0.15) is 5.65 Å². The summed E-state index contributed by atoms with van der Waals surface area (Å²) >= 11 is 0. The van der Waals surface area contributed by atoms with Gasteiger partial charge >= 0.3 is 0 Å². The van der Waals surface area contributed by atoms with E-state index in [2.05, 4.69) is 16.0 Å². The Morgan fingerprint density at radius 1 is 0.931 bits per heavy atom. The third-order valence-corrected chi connectivity index (χ3v) is 5.01. The fourth-order valence-corrected chi connectivity index (χ4v) is 3.56. The maximum Gasteiger partial charge on any atom is 0.232 e. The second-order valence-electron chi connectivity index (χ2n) is 6.74. The molecule has 0 aliphatic rings. The molecule has 5 rings (SSSR count). The summed E-state index contributed by atoms with van der Waals surface area (Å²) in [4.78, 5) is 25.1. The van der Waals surface area contributed by atoms with Crippen LogP contribution in [0.15, 0.2) is 83.9 Å². The monoisotopic (exact) mass is 379 g/mol. The minimum atomic E-state index is -0.183. The minimum Gasteiger partial charge on any atom is -0.491 e. The Bertz CT molecular complexity index is 1410. The number of aromatic nitrogens is 3. The molecule has 1 N–H and O–H groups in total. The van der Waals surface area contributed by atoms with Crippen molar-refractivity contribution in [1.82, 2.24) is 15.0 Å². The van der Waals surface area contributed by atoms with Crippen LogP contribution in [0.5, 0.6) is 5.75 Å². The summed E-state index contributed by atoms with van der Waals surface area (Å²) in [6.45, 7) is 0. The number of fused-ring (bicyclic) bond motifs is 2. The van der Waals surface area contributed by atoms with E-state index in [9.17, 15) is 4.79 Å². The first-order chi connectivity index (χ1) is 14.2. The van der Waals surface area contributed by atoms with Gasteiger partial charge in [-0.05, 0) is 29.8 Å². The Labute approximate surface area is 166 Å². The number of nitrogens with one attached hydrogen (secondary N) is 1. The molecule has 0 fully saturated rings. The van der Waals surface area contributed by atoms with Gasteiger partial charge in [-0.1, -0.05) is 42.5 Å². The lowest BCUT2D eigenvalue weighted by Crippen LogP contribution is -2.08. The van der Waals surface area contributed by atoms with E-state index in [1.807, 2.05) is 60.7 Å². The van der Waals surface area contributed by atoms with Gasteiger partial charge in [0.25, 0.3) is 0 Å². The van der Waals surface area contributed by atoms with E-state index in [4.69, 9.17) is 9.72 Å². The highest BCUT2D eigenvalue weighted by Gasteiger charge is 2.15. The number of ether oxygens (including phenoxy) is 1. The number of pyridine rings is 3.